The molecule has 0 saturated heterocycles. The Morgan fingerprint density at radius 1 is 1.18 bits per heavy atom. The van der Waals surface area contributed by atoms with Crippen LogP contribution in [0.2, 0.25) is 0 Å². The van der Waals surface area contributed by atoms with Gasteiger partial charge in [0.1, 0.15) is 28.9 Å². The van der Waals surface area contributed by atoms with E-state index in [4.69, 9.17) is 4.52 Å². The van der Waals surface area contributed by atoms with Gasteiger partial charge >= 0.3 is 0 Å². The van der Waals surface area contributed by atoms with Crippen molar-refractivity contribution < 1.29 is 13.3 Å². The Morgan fingerprint density at radius 2 is 1.95 bits per heavy atom. The number of nitrogens with zero attached hydrogens (tertiary/aromatic N) is 4. The van der Waals surface area contributed by atoms with E-state index in [1.807, 2.05) is 6.92 Å². The molecule has 0 aliphatic rings. The number of aryl methyl sites for hydroxylation is 3. The van der Waals surface area contributed by atoms with Crippen LogP contribution in [-0.4, -0.2) is 19.9 Å². The minimum atomic E-state index is -0.690. The highest BCUT2D eigenvalue weighted by Crippen LogP contribution is 2.20. The Labute approximate surface area is 125 Å². The third kappa shape index (κ3) is 2.49. The summed E-state index contributed by atoms with van der Waals surface area (Å²) < 4.78 is 33.6. The van der Waals surface area contributed by atoms with Gasteiger partial charge in [-0.1, -0.05) is 5.16 Å². The van der Waals surface area contributed by atoms with Crippen molar-refractivity contribution in [3.63, 3.8) is 0 Å². The van der Waals surface area contributed by atoms with Crippen LogP contribution in [0.1, 0.15) is 28.7 Å². The lowest BCUT2D eigenvalue weighted by atomic mass is 10.1. The third-order valence-corrected chi connectivity index (χ3v) is 3.43. The molecule has 0 N–H and O–H groups in total. The summed E-state index contributed by atoms with van der Waals surface area (Å²) in [5, 5.41) is 8.10. The highest BCUT2D eigenvalue weighted by molar-refractivity contribution is 5.35. The summed E-state index contributed by atoms with van der Waals surface area (Å²) in [6.07, 6.45) is 0.402. The van der Waals surface area contributed by atoms with Crippen LogP contribution in [0.3, 0.4) is 0 Å². The summed E-state index contributed by atoms with van der Waals surface area (Å²) in [7, 11) is 0. The molecule has 22 heavy (non-hydrogen) atoms. The number of rotatable bonds is 3. The molecule has 1 aromatic carbocycles. The van der Waals surface area contributed by atoms with Gasteiger partial charge in [0.05, 0.1) is 5.69 Å². The summed E-state index contributed by atoms with van der Waals surface area (Å²) in [6, 6.07) is 3.36. The molecule has 0 aliphatic heterocycles. The molecular formula is C15H14F2N4O. The molecule has 3 aromatic rings. The van der Waals surface area contributed by atoms with Crippen LogP contribution in [0.5, 0.6) is 0 Å². The van der Waals surface area contributed by atoms with Crippen molar-refractivity contribution in [1.82, 2.24) is 19.9 Å². The first kappa shape index (κ1) is 14.4. The summed E-state index contributed by atoms with van der Waals surface area (Å²) in [5.74, 6) is 0.405. The Morgan fingerprint density at radius 3 is 2.59 bits per heavy atom. The summed E-state index contributed by atoms with van der Waals surface area (Å²) in [5.41, 5.74) is 1.80. The average molecular weight is 304 g/mol. The van der Waals surface area contributed by atoms with Crippen molar-refractivity contribution in [3.8, 4) is 5.69 Å². The molecule has 5 nitrogen and oxygen atoms in total. The fourth-order valence-corrected chi connectivity index (χ4v) is 2.33. The molecule has 0 aliphatic carbocycles. The standard InChI is InChI=1S/C15H14F2N4O/c1-8-12(9(2)22-20-8)7-15-18-10(3)19-21(15)14-5-4-11(16)6-13(14)17/h4-6H,7H2,1-3H3. The molecule has 0 amide bonds. The smallest absolute Gasteiger partial charge is 0.151 e. The Kier molecular flexibility index (Phi) is 3.48. The van der Waals surface area contributed by atoms with Gasteiger partial charge in [-0.05, 0) is 32.9 Å². The quantitative estimate of drug-likeness (QED) is 0.746. The summed E-state index contributed by atoms with van der Waals surface area (Å²) >= 11 is 0. The molecule has 7 heteroatoms. The zero-order valence-corrected chi connectivity index (χ0v) is 12.4. The largest absolute Gasteiger partial charge is 0.361 e. The first-order valence-corrected chi connectivity index (χ1v) is 6.75. The van der Waals surface area contributed by atoms with Crippen molar-refractivity contribution in [2.75, 3.05) is 0 Å². The van der Waals surface area contributed by atoms with E-state index < -0.39 is 11.6 Å². The monoisotopic (exact) mass is 304 g/mol. The minimum Gasteiger partial charge on any atom is -0.361 e. The van der Waals surface area contributed by atoms with Crippen LogP contribution < -0.4 is 0 Å². The van der Waals surface area contributed by atoms with Crippen LogP contribution in [0.15, 0.2) is 22.7 Å². The van der Waals surface area contributed by atoms with Crippen LogP contribution in [0.25, 0.3) is 5.69 Å². The molecule has 3 rings (SSSR count). The normalized spacial score (nSPS) is 11.1. The number of hydrogen-bond acceptors (Lipinski definition) is 4. The van der Waals surface area contributed by atoms with Gasteiger partial charge in [0.25, 0.3) is 0 Å². The van der Waals surface area contributed by atoms with Crippen molar-refractivity contribution in [2.45, 2.75) is 27.2 Å². The Hall–Kier alpha value is -2.57. The first-order valence-electron chi connectivity index (χ1n) is 6.75. The second kappa shape index (κ2) is 5.32. The fraction of sp³-hybridized carbons (Fsp3) is 0.267. The van der Waals surface area contributed by atoms with Gasteiger partial charge in [0, 0.05) is 18.1 Å². The van der Waals surface area contributed by atoms with Gasteiger partial charge in [-0.15, -0.1) is 0 Å². The van der Waals surface area contributed by atoms with E-state index in [2.05, 4.69) is 15.2 Å². The molecule has 114 valence electrons. The topological polar surface area (TPSA) is 56.7 Å². The number of hydrogen-bond donors (Lipinski definition) is 0. The molecule has 0 saturated carbocycles. The summed E-state index contributed by atoms with van der Waals surface area (Å²) in [6.45, 7) is 5.36. The van der Waals surface area contributed by atoms with Crippen molar-refractivity contribution in [3.05, 3.63) is 58.5 Å². The van der Waals surface area contributed by atoms with E-state index in [-0.39, 0.29) is 5.69 Å². The number of halogens is 2. The van der Waals surface area contributed by atoms with Gasteiger partial charge in [0.15, 0.2) is 5.82 Å². The summed E-state index contributed by atoms with van der Waals surface area (Å²) in [4.78, 5) is 4.33. The highest BCUT2D eigenvalue weighted by Gasteiger charge is 2.18. The zero-order valence-electron chi connectivity index (χ0n) is 12.4. The van der Waals surface area contributed by atoms with Gasteiger partial charge in [-0.2, -0.15) is 5.10 Å². The molecule has 0 spiro atoms. The molecule has 2 heterocycles. The van der Waals surface area contributed by atoms with Gasteiger partial charge in [-0.3, -0.25) is 0 Å². The van der Waals surface area contributed by atoms with Crippen LogP contribution in [0, 0.1) is 32.4 Å². The molecule has 2 aromatic heterocycles. The third-order valence-electron chi connectivity index (χ3n) is 3.43. The van der Waals surface area contributed by atoms with Crippen LogP contribution in [-0.2, 0) is 6.42 Å². The Bertz CT molecular complexity index is 819. The van der Waals surface area contributed by atoms with E-state index in [1.165, 1.54) is 16.8 Å². The number of benzene rings is 1. The molecule has 0 fully saturated rings. The lowest BCUT2D eigenvalue weighted by Crippen LogP contribution is -2.07. The number of aromatic nitrogens is 4. The first-order chi connectivity index (χ1) is 10.5. The Balaban J connectivity index is 2.07. The van der Waals surface area contributed by atoms with E-state index in [1.54, 1.807) is 13.8 Å². The predicted molar refractivity (Wildman–Crippen MR) is 74.8 cm³/mol. The van der Waals surface area contributed by atoms with E-state index in [9.17, 15) is 8.78 Å². The lowest BCUT2D eigenvalue weighted by Gasteiger charge is -2.07. The van der Waals surface area contributed by atoms with E-state index >= 15 is 0 Å². The minimum absolute atomic E-state index is 0.156. The maximum Gasteiger partial charge on any atom is 0.151 e. The second-order valence-electron chi connectivity index (χ2n) is 5.06. The highest BCUT2D eigenvalue weighted by atomic mass is 19.1. The second-order valence-corrected chi connectivity index (χ2v) is 5.06. The van der Waals surface area contributed by atoms with Crippen molar-refractivity contribution >= 4 is 0 Å². The van der Waals surface area contributed by atoms with Crippen molar-refractivity contribution in [1.29, 1.82) is 0 Å². The molecule has 0 radical (unpaired) electrons. The SMILES string of the molecule is Cc1nc(Cc2c(C)noc2C)n(-c2ccc(F)cc2F)n1. The molecule has 0 unspecified atom stereocenters. The maximum absolute atomic E-state index is 14.0. The maximum atomic E-state index is 14.0. The van der Waals surface area contributed by atoms with E-state index in [0.29, 0.717) is 23.8 Å². The van der Waals surface area contributed by atoms with Crippen molar-refractivity contribution in [2.24, 2.45) is 0 Å². The lowest BCUT2D eigenvalue weighted by molar-refractivity contribution is 0.392. The molecular weight excluding hydrogens is 290 g/mol. The van der Waals surface area contributed by atoms with Gasteiger partial charge in [-0.25, -0.2) is 18.4 Å². The molecule has 0 bridgehead atoms. The van der Waals surface area contributed by atoms with Crippen LogP contribution >= 0.6 is 0 Å². The zero-order chi connectivity index (χ0) is 15.9. The van der Waals surface area contributed by atoms with E-state index in [0.717, 1.165) is 17.3 Å². The fourth-order valence-electron chi connectivity index (χ4n) is 2.33. The van der Waals surface area contributed by atoms with Crippen LogP contribution in [0.4, 0.5) is 8.78 Å². The predicted octanol–water partition coefficient (Wildman–Crippen LogP) is 3.05. The van der Waals surface area contributed by atoms with Gasteiger partial charge in [0.2, 0.25) is 0 Å². The van der Waals surface area contributed by atoms with Gasteiger partial charge < -0.3 is 4.52 Å². The molecule has 0 atom stereocenters. The average Bonchev–Trinajstić information content (AvgIpc) is 2.96.